The number of ether oxygens (including phenoxy) is 2. The average Bonchev–Trinajstić information content (AvgIpc) is 2.50. The second-order valence-corrected chi connectivity index (χ2v) is 4.23. The number of para-hydroxylation sites is 1. The Hall–Kier alpha value is -2.76. The van der Waals surface area contributed by atoms with Crippen molar-refractivity contribution in [1.29, 1.82) is 0 Å². The Balaban J connectivity index is 2.46. The minimum Gasteiger partial charge on any atom is -0.497 e. The molecule has 21 heavy (non-hydrogen) atoms. The molecule has 0 fully saturated rings. The standard InChI is InChI=1S/C15H15FN2O3/c1-20-9-6-7-11(16)13(8-9)18-14-10(15(19)21-2)4-3-5-12(14)17/h3-8,18H,17H2,1-2H3. The van der Waals surface area contributed by atoms with Crippen LogP contribution in [0, 0.1) is 5.82 Å². The van der Waals surface area contributed by atoms with Crippen LogP contribution in [0.25, 0.3) is 0 Å². The zero-order valence-electron chi connectivity index (χ0n) is 11.6. The highest BCUT2D eigenvalue weighted by Crippen LogP contribution is 2.30. The van der Waals surface area contributed by atoms with Crippen LogP contribution in [0.1, 0.15) is 10.4 Å². The molecule has 3 N–H and O–H groups in total. The molecule has 6 heteroatoms. The SMILES string of the molecule is COC(=O)c1cccc(N)c1Nc1cc(OC)ccc1F. The molecule has 2 rings (SSSR count). The van der Waals surface area contributed by atoms with Crippen LogP contribution in [0.2, 0.25) is 0 Å². The highest BCUT2D eigenvalue weighted by atomic mass is 19.1. The number of carbonyl (C=O) groups excluding carboxylic acids is 1. The Labute approximate surface area is 121 Å². The van der Waals surface area contributed by atoms with E-state index >= 15 is 0 Å². The first kappa shape index (κ1) is 14.6. The van der Waals surface area contributed by atoms with Gasteiger partial charge in [0.05, 0.1) is 36.8 Å². The minimum atomic E-state index is -0.562. The smallest absolute Gasteiger partial charge is 0.340 e. The van der Waals surface area contributed by atoms with Gasteiger partial charge in [-0.3, -0.25) is 0 Å². The van der Waals surface area contributed by atoms with Crippen LogP contribution in [0.4, 0.5) is 21.5 Å². The number of methoxy groups -OCH3 is 2. The van der Waals surface area contributed by atoms with Crippen LogP contribution in [-0.4, -0.2) is 20.2 Å². The molecule has 0 aliphatic carbocycles. The van der Waals surface area contributed by atoms with Gasteiger partial charge < -0.3 is 20.5 Å². The normalized spacial score (nSPS) is 10.0. The molecule has 0 spiro atoms. The van der Waals surface area contributed by atoms with Crippen molar-refractivity contribution in [3.05, 3.63) is 47.8 Å². The lowest BCUT2D eigenvalue weighted by Crippen LogP contribution is -2.08. The molecule has 0 aliphatic rings. The summed E-state index contributed by atoms with van der Waals surface area (Å²) >= 11 is 0. The van der Waals surface area contributed by atoms with Crippen molar-refractivity contribution in [3.8, 4) is 5.75 Å². The molecule has 0 aliphatic heterocycles. The molecule has 0 heterocycles. The highest BCUT2D eigenvalue weighted by molar-refractivity contribution is 5.99. The second-order valence-electron chi connectivity index (χ2n) is 4.23. The molecule has 0 amide bonds. The molecule has 0 radical (unpaired) electrons. The van der Waals surface area contributed by atoms with Crippen molar-refractivity contribution in [2.24, 2.45) is 0 Å². The van der Waals surface area contributed by atoms with E-state index in [4.69, 9.17) is 15.2 Å². The van der Waals surface area contributed by atoms with E-state index < -0.39 is 11.8 Å². The number of halogens is 1. The third-order valence-electron chi connectivity index (χ3n) is 2.94. The van der Waals surface area contributed by atoms with Crippen LogP contribution in [0.5, 0.6) is 5.75 Å². The summed E-state index contributed by atoms with van der Waals surface area (Å²) in [5.41, 5.74) is 6.82. The quantitative estimate of drug-likeness (QED) is 0.669. The first-order valence-corrected chi connectivity index (χ1v) is 6.14. The predicted octanol–water partition coefficient (Wildman–Crippen LogP) is 2.95. The Morgan fingerprint density at radius 3 is 2.67 bits per heavy atom. The number of benzene rings is 2. The van der Waals surface area contributed by atoms with Gasteiger partial charge in [-0.15, -0.1) is 0 Å². The number of esters is 1. The van der Waals surface area contributed by atoms with E-state index in [1.54, 1.807) is 18.2 Å². The number of hydrogen-bond donors (Lipinski definition) is 2. The molecule has 0 saturated heterocycles. The van der Waals surface area contributed by atoms with E-state index in [-0.39, 0.29) is 16.9 Å². The number of nitrogen functional groups attached to an aromatic ring is 1. The number of carbonyl (C=O) groups is 1. The minimum absolute atomic E-state index is 0.150. The number of nitrogens with two attached hydrogens (primary N) is 1. The fourth-order valence-corrected chi connectivity index (χ4v) is 1.85. The van der Waals surface area contributed by atoms with Gasteiger partial charge in [0, 0.05) is 6.07 Å². The molecule has 0 unspecified atom stereocenters. The predicted molar refractivity (Wildman–Crippen MR) is 78.4 cm³/mol. The Morgan fingerprint density at radius 1 is 1.24 bits per heavy atom. The fraction of sp³-hybridized carbons (Fsp3) is 0.133. The van der Waals surface area contributed by atoms with E-state index in [1.165, 1.54) is 32.4 Å². The van der Waals surface area contributed by atoms with Crippen LogP contribution in [0.15, 0.2) is 36.4 Å². The Bertz CT molecular complexity index is 674. The molecular weight excluding hydrogens is 275 g/mol. The van der Waals surface area contributed by atoms with E-state index in [1.807, 2.05) is 0 Å². The zero-order chi connectivity index (χ0) is 15.4. The third-order valence-corrected chi connectivity index (χ3v) is 2.94. The summed E-state index contributed by atoms with van der Waals surface area (Å²) in [6.45, 7) is 0. The van der Waals surface area contributed by atoms with Crippen molar-refractivity contribution in [2.45, 2.75) is 0 Å². The van der Waals surface area contributed by atoms with Crippen molar-refractivity contribution in [2.75, 3.05) is 25.3 Å². The molecule has 110 valence electrons. The summed E-state index contributed by atoms with van der Waals surface area (Å²) in [4.78, 5) is 11.7. The van der Waals surface area contributed by atoms with Gasteiger partial charge in [0.2, 0.25) is 0 Å². The fourth-order valence-electron chi connectivity index (χ4n) is 1.85. The number of hydrogen-bond acceptors (Lipinski definition) is 5. The zero-order valence-corrected chi connectivity index (χ0v) is 11.6. The van der Waals surface area contributed by atoms with Crippen LogP contribution < -0.4 is 15.8 Å². The molecule has 0 atom stereocenters. The molecule has 0 aromatic heterocycles. The van der Waals surface area contributed by atoms with Crippen molar-refractivity contribution >= 4 is 23.0 Å². The molecule has 5 nitrogen and oxygen atoms in total. The van der Waals surface area contributed by atoms with Gasteiger partial charge in [-0.1, -0.05) is 6.07 Å². The highest BCUT2D eigenvalue weighted by Gasteiger charge is 2.16. The van der Waals surface area contributed by atoms with Crippen LogP contribution in [-0.2, 0) is 4.74 Å². The number of rotatable bonds is 4. The summed E-state index contributed by atoms with van der Waals surface area (Å²) < 4.78 is 23.6. The second kappa shape index (κ2) is 6.13. The van der Waals surface area contributed by atoms with Gasteiger partial charge in [0.15, 0.2) is 0 Å². The van der Waals surface area contributed by atoms with E-state index in [2.05, 4.69) is 5.32 Å². The van der Waals surface area contributed by atoms with Gasteiger partial charge in [0.1, 0.15) is 11.6 Å². The van der Waals surface area contributed by atoms with Crippen LogP contribution >= 0.6 is 0 Å². The maximum atomic E-state index is 13.9. The lowest BCUT2D eigenvalue weighted by molar-refractivity contribution is 0.0602. The van der Waals surface area contributed by atoms with Crippen molar-refractivity contribution in [1.82, 2.24) is 0 Å². The molecule has 0 bridgehead atoms. The van der Waals surface area contributed by atoms with Crippen molar-refractivity contribution in [3.63, 3.8) is 0 Å². The summed E-state index contributed by atoms with van der Waals surface area (Å²) in [5, 5.41) is 2.82. The molecule has 0 saturated carbocycles. The average molecular weight is 290 g/mol. The van der Waals surface area contributed by atoms with E-state index in [9.17, 15) is 9.18 Å². The first-order valence-electron chi connectivity index (χ1n) is 6.14. The van der Waals surface area contributed by atoms with E-state index in [0.29, 0.717) is 11.4 Å². The Morgan fingerprint density at radius 2 is 2.00 bits per heavy atom. The van der Waals surface area contributed by atoms with Gasteiger partial charge in [-0.2, -0.15) is 0 Å². The van der Waals surface area contributed by atoms with Crippen LogP contribution in [0.3, 0.4) is 0 Å². The van der Waals surface area contributed by atoms with E-state index in [0.717, 1.165) is 0 Å². The summed E-state index contributed by atoms with van der Waals surface area (Å²) in [6.07, 6.45) is 0. The summed E-state index contributed by atoms with van der Waals surface area (Å²) in [5.74, 6) is -0.573. The van der Waals surface area contributed by atoms with Gasteiger partial charge in [-0.05, 0) is 24.3 Å². The summed E-state index contributed by atoms with van der Waals surface area (Å²) in [6, 6.07) is 9.00. The number of anilines is 3. The monoisotopic (exact) mass is 290 g/mol. The van der Waals surface area contributed by atoms with Gasteiger partial charge in [-0.25, -0.2) is 9.18 Å². The lowest BCUT2D eigenvalue weighted by Gasteiger charge is -2.14. The lowest BCUT2D eigenvalue weighted by atomic mass is 10.1. The molecule has 2 aromatic carbocycles. The number of nitrogens with one attached hydrogen (secondary N) is 1. The van der Waals surface area contributed by atoms with Gasteiger partial charge >= 0.3 is 5.97 Å². The summed E-state index contributed by atoms with van der Waals surface area (Å²) in [7, 11) is 2.75. The largest absolute Gasteiger partial charge is 0.497 e. The maximum absolute atomic E-state index is 13.9. The third kappa shape index (κ3) is 3.05. The topological polar surface area (TPSA) is 73.6 Å². The first-order chi connectivity index (χ1) is 10.1. The Kier molecular flexibility index (Phi) is 4.27. The molecular formula is C15H15FN2O3. The molecule has 2 aromatic rings. The van der Waals surface area contributed by atoms with Gasteiger partial charge in [0.25, 0.3) is 0 Å². The van der Waals surface area contributed by atoms with Crippen molar-refractivity contribution < 1.29 is 18.7 Å². The maximum Gasteiger partial charge on any atom is 0.340 e.